The second-order valence-electron chi connectivity index (χ2n) is 4.83. The Kier molecular flexibility index (Phi) is 6.17. The molecule has 0 saturated carbocycles. The fraction of sp³-hybridized carbons (Fsp3) is 0.500. The van der Waals surface area contributed by atoms with Gasteiger partial charge in [-0.05, 0) is 44.0 Å². The van der Waals surface area contributed by atoms with Gasteiger partial charge in [-0.2, -0.15) is 0 Å². The molecule has 0 aromatic heterocycles. The van der Waals surface area contributed by atoms with Crippen LogP contribution in [0, 0.1) is 6.92 Å². The standard InChI is InChI=1S/C14H22N2O4S/c1-5-11(3)16-14(17)9-15-21(18,19)12-6-7-13(20-4)10(2)8-12/h6-8,11,15H,5,9H2,1-4H3,(H,16,17). The highest BCUT2D eigenvalue weighted by Crippen LogP contribution is 2.21. The van der Waals surface area contributed by atoms with Crippen LogP contribution in [0.15, 0.2) is 23.1 Å². The summed E-state index contributed by atoms with van der Waals surface area (Å²) in [6, 6.07) is 4.56. The van der Waals surface area contributed by atoms with Crippen LogP contribution in [0.2, 0.25) is 0 Å². The highest BCUT2D eigenvalue weighted by molar-refractivity contribution is 7.89. The van der Waals surface area contributed by atoms with Crippen LogP contribution < -0.4 is 14.8 Å². The van der Waals surface area contributed by atoms with Crippen molar-refractivity contribution in [1.29, 1.82) is 0 Å². The van der Waals surface area contributed by atoms with Gasteiger partial charge in [0.2, 0.25) is 15.9 Å². The topological polar surface area (TPSA) is 84.5 Å². The lowest BCUT2D eigenvalue weighted by Crippen LogP contribution is -2.40. The van der Waals surface area contributed by atoms with Crippen LogP contribution in [-0.4, -0.2) is 34.0 Å². The molecule has 1 aromatic carbocycles. The molecule has 1 unspecified atom stereocenters. The van der Waals surface area contributed by atoms with Crippen LogP contribution in [0.4, 0.5) is 0 Å². The second-order valence-corrected chi connectivity index (χ2v) is 6.60. The third kappa shape index (κ3) is 5.02. The van der Waals surface area contributed by atoms with Crippen LogP contribution in [0.1, 0.15) is 25.8 Å². The van der Waals surface area contributed by atoms with Gasteiger partial charge in [-0.15, -0.1) is 0 Å². The summed E-state index contributed by atoms with van der Waals surface area (Å²) in [5.74, 6) is 0.265. The molecule has 118 valence electrons. The van der Waals surface area contributed by atoms with E-state index in [-0.39, 0.29) is 23.4 Å². The molecule has 0 aliphatic heterocycles. The van der Waals surface area contributed by atoms with Gasteiger partial charge < -0.3 is 10.1 Å². The number of nitrogens with one attached hydrogen (secondary N) is 2. The van der Waals surface area contributed by atoms with Crippen molar-refractivity contribution in [3.63, 3.8) is 0 Å². The van der Waals surface area contributed by atoms with Crippen LogP contribution in [-0.2, 0) is 14.8 Å². The zero-order chi connectivity index (χ0) is 16.0. The minimum absolute atomic E-state index is 0.0187. The fourth-order valence-electron chi connectivity index (χ4n) is 1.69. The van der Waals surface area contributed by atoms with Gasteiger partial charge in [0, 0.05) is 6.04 Å². The molecule has 0 radical (unpaired) electrons. The molecule has 0 saturated heterocycles. The first kappa shape index (κ1) is 17.5. The van der Waals surface area contributed by atoms with Crippen LogP contribution >= 0.6 is 0 Å². The fourth-order valence-corrected chi connectivity index (χ4v) is 2.76. The summed E-state index contributed by atoms with van der Waals surface area (Å²) in [5, 5.41) is 2.70. The van der Waals surface area contributed by atoms with Gasteiger partial charge in [-0.3, -0.25) is 4.79 Å². The number of aryl methyl sites for hydroxylation is 1. The first-order valence-electron chi connectivity index (χ1n) is 6.73. The molecular formula is C14H22N2O4S. The predicted octanol–water partition coefficient (Wildman–Crippen LogP) is 1.20. The van der Waals surface area contributed by atoms with Gasteiger partial charge in [0.1, 0.15) is 5.75 Å². The number of ether oxygens (including phenoxy) is 1. The zero-order valence-electron chi connectivity index (χ0n) is 12.8. The Labute approximate surface area is 125 Å². The number of benzene rings is 1. The lowest BCUT2D eigenvalue weighted by Gasteiger charge is -2.12. The van der Waals surface area contributed by atoms with Gasteiger partial charge in [0.05, 0.1) is 18.6 Å². The molecule has 2 N–H and O–H groups in total. The average Bonchev–Trinajstić information content (AvgIpc) is 2.45. The number of carbonyl (C=O) groups excluding carboxylic acids is 1. The van der Waals surface area contributed by atoms with E-state index >= 15 is 0 Å². The van der Waals surface area contributed by atoms with E-state index in [4.69, 9.17) is 4.74 Å². The van der Waals surface area contributed by atoms with Gasteiger partial charge in [-0.1, -0.05) is 6.92 Å². The number of rotatable bonds is 7. The Morgan fingerprint density at radius 2 is 2.05 bits per heavy atom. The number of amides is 1. The van der Waals surface area contributed by atoms with Crippen molar-refractivity contribution in [3.05, 3.63) is 23.8 Å². The van der Waals surface area contributed by atoms with Crippen molar-refractivity contribution in [2.45, 2.75) is 38.1 Å². The van der Waals surface area contributed by atoms with Gasteiger partial charge in [0.15, 0.2) is 0 Å². The summed E-state index contributed by atoms with van der Waals surface area (Å²) < 4.78 is 31.6. The average molecular weight is 314 g/mol. The molecule has 1 atom stereocenters. The van der Waals surface area contributed by atoms with E-state index in [0.29, 0.717) is 11.3 Å². The van der Waals surface area contributed by atoms with E-state index in [2.05, 4.69) is 10.0 Å². The lowest BCUT2D eigenvalue weighted by atomic mass is 10.2. The van der Waals surface area contributed by atoms with Crippen molar-refractivity contribution in [2.24, 2.45) is 0 Å². The third-order valence-corrected chi connectivity index (χ3v) is 4.52. The summed E-state index contributed by atoms with van der Waals surface area (Å²) in [6.45, 7) is 5.28. The Morgan fingerprint density at radius 3 is 2.57 bits per heavy atom. The molecule has 0 aliphatic carbocycles. The number of hydrogen-bond donors (Lipinski definition) is 2. The maximum Gasteiger partial charge on any atom is 0.241 e. The van der Waals surface area contributed by atoms with E-state index in [9.17, 15) is 13.2 Å². The highest BCUT2D eigenvalue weighted by atomic mass is 32.2. The third-order valence-electron chi connectivity index (χ3n) is 3.12. The second kappa shape index (κ2) is 7.42. The Hall–Kier alpha value is -1.60. The molecule has 21 heavy (non-hydrogen) atoms. The molecule has 0 aliphatic rings. The summed E-state index contributed by atoms with van der Waals surface area (Å²) in [6.07, 6.45) is 0.788. The van der Waals surface area contributed by atoms with Crippen LogP contribution in [0.5, 0.6) is 5.75 Å². The van der Waals surface area contributed by atoms with Crippen molar-refractivity contribution >= 4 is 15.9 Å². The summed E-state index contributed by atoms with van der Waals surface area (Å²) >= 11 is 0. The summed E-state index contributed by atoms with van der Waals surface area (Å²) in [5.41, 5.74) is 0.712. The van der Waals surface area contributed by atoms with E-state index < -0.39 is 10.0 Å². The molecule has 1 aromatic rings. The molecule has 0 heterocycles. The maximum atomic E-state index is 12.1. The Morgan fingerprint density at radius 1 is 1.38 bits per heavy atom. The minimum Gasteiger partial charge on any atom is -0.496 e. The molecule has 6 nitrogen and oxygen atoms in total. The summed E-state index contributed by atoms with van der Waals surface area (Å²) in [4.78, 5) is 11.7. The van der Waals surface area contributed by atoms with Gasteiger partial charge >= 0.3 is 0 Å². The van der Waals surface area contributed by atoms with Crippen molar-refractivity contribution in [3.8, 4) is 5.75 Å². The zero-order valence-corrected chi connectivity index (χ0v) is 13.6. The lowest BCUT2D eigenvalue weighted by molar-refractivity contribution is -0.120. The molecule has 1 rings (SSSR count). The molecule has 7 heteroatoms. The van der Waals surface area contributed by atoms with Gasteiger partial charge in [0.25, 0.3) is 0 Å². The molecule has 0 spiro atoms. The quantitative estimate of drug-likeness (QED) is 0.792. The van der Waals surface area contributed by atoms with E-state index in [1.165, 1.54) is 19.2 Å². The SMILES string of the molecule is CCC(C)NC(=O)CNS(=O)(=O)c1ccc(OC)c(C)c1. The first-order valence-corrected chi connectivity index (χ1v) is 8.22. The van der Waals surface area contributed by atoms with E-state index in [1.54, 1.807) is 13.0 Å². The highest BCUT2D eigenvalue weighted by Gasteiger charge is 2.17. The van der Waals surface area contributed by atoms with E-state index in [0.717, 1.165) is 6.42 Å². The smallest absolute Gasteiger partial charge is 0.241 e. The summed E-state index contributed by atoms with van der Waals surface area (Å²) in [7, 11) is -2.19. The maximum absolute atomic E-state index is 12.1. The van der Waals surface area contributed by atoms with Gasteiger partial charge in [-0.25, -0.2) is 13.1 Å². The number of hydrogen-bond acceptors (Lipinski definition) is 4. The van der Waals surface area contributed by atoms with Crippen molar-refractivity contribution in [2.75, 3.05) is 13.7 Å². The molecular weight excluding hydrogens is 292 g/mol. The number of carbonyl (C=O) groups is 1. The number of sulfonamides is 1. The molecule has 0 fully saturated rings. The monoisotopic (exact) mass is 314 g/mol. The van der Waals surface area contributed by atoms with Crippen molar-refractivity contribution < 1.29 is 17.9 Å². The minimum atomic E-state index is -3.71. The number of methoxy groups -OCH3 is 1. The van der Waals surface area contributed by atoms with Crippen LogP contribution in [0.25, 0.3) is 0 Å². The van der Waals surface area contributed by atoms with Crippen LogP contribution in [0.3, 0.4) is 0 Å². The normalized spacial score (nSPS) is 12.8. The Balaban J connectivity index is 2.74. The largest absolute Gasteiger partial charge is 0.496 e. The molecule has 1 amide bonds. The Bertz CT molecular complexity index is 599. The first-order chi connectivity index (χ1) is 9.80. The van der Waals surface area contributed by atoms with Crippen molar-refractivity contribution in [1.82, 2.24) is 10.0 Å². The molecule has 0 bridgehead atoms. The predicted molar refractivity (Wildman–Crippen MR) is 80.8 cm³/mol. The van der Waals surface area contributed by atoms with E-state index in [1.807, 2.05) is 13.8 Å².